The first-order valence-corrected chi connectivity index (χ1v) is 7.19. The maximum atomic E-state index is 5.59. The third-order valence-electron chi connectivity index (χ3n) is 3.18. The zero-order valence-electron chi connectivity index (χ0n) is 12.2. The molecule has 22 heavy (non-hydrogen) atoms. The summed E-state index contributed by atoms with van der Waals surface area (Å²) in [5, 5.41) is 8.11. The summed E-state index contributed by atoms with van der Waals surface area (Å²) in [6, 6.07) is 13.6. The molecule has 0 fully saturated rings. The predicted octanol–water partition coefficient (Wildman–Crippen LogP) is 2.75. The first kappa shape index (κ1) is 14.3. The average Bonchev–Trinajstić information content (AvgIpc) is 2.61. The van der Waals surface area contributed by atoms with Gasteiger partial charge in [-0.05, 0) is 23.6 Å². The molecular formula is C18H16N2O2. The van der Waals surface area contributed by atoms with Crippen LogP contribution in [0, 0.1) is 11.8 Å². The van der Waals surface area contributed by atoms with Crippen LogP contribution in [0.5, 0.6) is 5.88 Å². The Hall–Kier alpha value is -2.64. The minimum absolute atomic E-state index is 0.480. The Kier molecular flexibility index (Phi) is 4.81. The number of ether oxygens (including phenoxy) is 2. The molecule has 0 unspecified atom stereocenters. The van der Waals surface area contributed by atoms with E-state index in [4.69, 9.17) is 9.47 Å². The molecule has 4 heteroatoms. The van der Waals surface area contributed by atoms with Gasteiger partial charge < -0.3 is 9.47 Å². The van der Waals surface area contributed by atoms with Gasteiger partial charge in [0.1, 0.15) is 12.3 Å². The van der Waals surface area contributed by atoms with Crippen molar-refractivity contribution in [2.75, 3.05) is 13.2 Å². The van der Waals surface area contributed by atoms with Crippen LogP contribution in [0.25, 0.3) is 0 Å². The van der Waals surface area contributed by atoms with Crippen molar-refractivity contribution in [3.05, 3.63) is 65.4 Å². The second-order valence-corrected chi connectivity index (χ2v) is 4.84. The molecule has 1 aliphatic rings. The summed E-state index contributed by atoms with van der Waals surface area (Å²) in [6.07, 6.45) is 2.86. The van der Waals surface area contributed by atoms with Crippen molar-refractivity contribution < 1.29 is 9.47 Å². The van der Waals surface area contributed by atoms with Crippen LogP contribution in [0.1, 0.15) is 17.7 Å². The Balaban J connectivity index is 1.58. The minimum atomic E-state index is 0.480. The van der Waals surface area contributed by atoms with Crippen LogP contribution in [0.2, 0.25) is 0 Å². The van der Waals surface area contributed by atoms with Crippen molar-refractivity contribution in [1.29, 1.82) is 0 Å². The molecule has 2 heterocycles. The number of aromatic nitrogens is 2. The van der Waals surface area contributed by atoms with E-state index in [0.29, 0.717) is 24.8 Å². The molecule has 0 amide bonds. The molecule has 1 aromatic carbocycles. The van der Waals surface area contributed by atoms with E-state index in [1.54, 1.807) is 6.07 Å². The SMILES string of the molecule is C(#Cc1ccc(OCc2ccccc2)nn1)C1=CCOCC1. The second kappa shape index (κ2) is 7.39. The molecule has 0 radical (unpaired) electrons. The van der Waals surface area contributed by atoms with Crippen molar-refractivity contribution in [2.45, 2.75) is 13.0 Å². The largest absolute Gasteiger partial charge is 0.472 e. The van der Waals surface area contributed by atoms with Crippen LogP contribution in [0.15, 0.2) is 54.1 Å². The van der Waals surface area contributed by atoms with Gasteiger partial charge in [0.15, 0.2) is 0 Å². The quantitative estimate of drug-likeness (QED) is 0.816. The van der Waals surface area contributed by atoms with Gasteiger partial charge in [0.05, 0.1) is 13.2 Å². The van der Waals surface area contributed by atoms with E-state index >= 15 is 0 Å². The summed E-state index contributed by atoms with van der Waals surface area (Å²) >= 11 is 0. The number of benzene rings is 1. The van der Waals surface area contributed by atoms with E-state index in [-0.39, 0.29) is 0 Å². The highest BCUT2D eigenvalue weighted by molar-refractivity contribution is 5.37. The topological polar surface area (TPSA) is 44.2 Å². The zero-order chi connectivity index (χ0) is 15.0. The summed E-state index contributed by atoms with van der Waals surface area (Å²) in [5.74, 6) is 6.62. The number of rotatable bonds is 3. The third kappa shape index (κ3) is 4.18. The van der Waals surface area contributed by atoms with Gasteiger partial charge >= 0.3 is 0 Å². The van der Waals surface area contributed by atoms with Gasteiger partial charge in [-0.15, -0.1) is 10.2 Å². The normalized spacial score (nSPS) is 13.7. The van der Waals surface area contributed by atoms with Crippen LogP contribution in [0.4, 0.5) is 0 Å². The van der Waals surface area contributed by atoms with Gasteiger partial charge in [-0.3, -0.25) is 0 Å². The lowest BCUT2D eigenvalue weighted by Gasteiger charge is -2.07. The lowest BCUT2D eigenvalue weighted by molar-refractivity contribution is 0.156. The highest BCUT2D eigenvalue weighted by Crippen LogP contribution is 2.09. The van der Waals surface area contributed by atoms with Crippen molar-refractivity contribution in [3.63, 3.8) is 0 Å². The molecule has 1 aliphatic heterocycles. The van der Waals surface area contributed by atoms with Crippen LogP contribution in [-0.4, -0.2) is 23.4 Å². The minimum Gasteiger partial charge on any atom is -0.472 e. The Labute approximate surface area is 129 Å². The molecule has 0 saturated heterocycles. The van der Waals surface area contributed by atoms with E-state index in [0.717, 1.165) is 24.2 Å². The van der Waals surface area contributed by atoms with Crippen molar-refractivity contribution >= 4 is 0 Å². The first-order valence-electron chi connectivity index (χ1n) is 7.19. The molecule has 2 aromatic rings. The summed E-state index contributed by atoms with van der Waals surface area (Å²) < 4.78 is 10.8. The summed E-state index contributed by atoms with van der Waals surface area (Å²) in [7, 11) is 0. The highest BCUT2D eigenvalue weighted by atomic mass is 16.5. The molecule has 3 rings (SSSR count). The molecule has 0 aliphatic carbocycles. The van der Waals surface area contributed by atoms with Gasteiger partial charge in [-0.1, -0.05) is 36.3 Å². The summed E-state index contributed by atoms with van der Waals surface area (Å²) in [6.45, 7) is 1.86. The van der Waals surface area contributed by atoms with Crippen molar-refractivity contribution in [3.8, 4) is 17.7 Å². The van der Waals surface area contributed by atoms with Crippen molar-refractivity contribution in [1.82, 2.24) is 10.2 Å². The third-order valence-corrected chi connectivity index (χ3v) is 3.18. The van der Waals surface area contributed by atoms with E-state index in [9.17, 15) is 0 Å². The molecular weight excluding hydrogens is 276 g/mol. The standard InChI is InChI=1S/C18H16N2O2/c1-2-4-16(5-3-1)14-22-18-9-8-17(19-20-18)7-6-15-10-12-21-13-11-15/h1-5,8-10H,11-14H2. The van der Waals surface area contributed by atoms with Gasteiger partial charge in [-0.2, -0.15) is 0 Å². The second-order valence-electron chi connectivity index (χ2n) is 4.84. The Bertz CT molecular complexity index is 697. The van der Waals surface area contributed by atoms with Gasteiger partial charge in [0, 0.05) is 18.1 Å². The van der Waals surface area contributed by atoms with Gasteiger partial charge in [0.2, 0.25) is 5.88 Å². The first-order chi connectivity index (χ1) is 10.9. The Morgan fingerprint density at radius 2 is 1.95 bits per heavy atom. The zero-order valence-corrected chi connectivity index (χ0v) is 12.2. The number of nitrogens with zero attached hydrogens (tertiary/aromatic N) is 2. The monoisotopic (exact) mass is 292 g/mol. The van der Waals surface area contributed by atoms with E-state index < -0.39 is 0 Å². The highest BCUT2D eigenvalue weighted by Gasteiger charge is 2.01. The van der Waals surface area contributed by atoms with Crippen LogP contribution in [-0.2, 0) is 11.3 Å². The number of hydrogen-bond acceptors (Lipinski definition) is 4. The molecule has 0 saturated carbocycles. The number of hydrogen-bond donors (Lipinski definition) is 0. The fourth-order valence-corrected chi connectivity index (χ4v) is 1.98. The smallest absolute Gasteiger partial charge is 0.233 e. The van der Waals surface area contributed by atoms with E-state index in [1.165, 1.54) is 0 Å². The Morgan fingerprint density at radius 3 is 2.68 bits per heavy atom. The molecule has 110 valence electrons. The maximum Gasteiger partial charge on any atom is 0.233 e. The van der Waals surface area contributed by atoms with Crippen LogP contribution < -0.4 is 4.74 Å². The summed E-state index contributed by atoms with van der Waals surface area (Å²) in [5.41, 5.74) is 2.83. The van der Waals surface area contributed by atoms with Crippen molar-refractivity contribution in [2.24, 2.45) is 0 Å². The van der Waals surface area contributed by atoms with E-state index in [2.05, 4.69) is 22.0 Å². The predicted molar refractivity (Wildman–Crippen MR) is 83.2 cm³/mol. The maximum absolute atomic E-state index is 5.59. The lowest BCUT2D eigenvalue weighted by Crippen LogP contribution is -2.03. The summed E-state index contributed by atoms with van der Waals surface area (Å²) in [4.78, 5) is 0. The average molecular weight is 292 g/mol. The lowest BCUT2D eigenvalue weighted by atomic mass is 10.1. The molecule has 0 spiro atoms. The molecule has 1 aromatic heterocycles. The molecule has 0 N–H and O–H groups in total. The molecule has 4 nitrogen and oxygen atoms in total. The molecule has 0 atom stereocenters. The fourth-order valence-electron chi connectivity index (χ4n) is 1.98. The van der Waals surface area contributed by atoms with Gasteiger partial charge in [-0.25, -0.2) is 0 Å². The van der Waals surface area contributed by atoms with Gasteiger partial charge in [0.25, 0.3) is 0 Å². The van der Waals surface area contributed by atoms with E-state index in [1.807, 2.05) is 42.5 Å². The van der Waals surface area contributed by atoms with Crippen LogP contribution in [0.3, 0.4) is 0 Å². The Morgan fingerprint density at radius 1 is 1.05 bits per heavy atom. The fraction of sp³-hybridized carbons (Fsp3) is 0.222. The van der Waals surface area contributed by atoms with Crippen LogP contribution >= 0.6 is 0 Å². The molecule has 0 bridgehead atoms.